The molecule has 0 atom stereocenters. The Hall–Kier alpha value is -4.19. The van der Waals surface area contributed by atoms with E-state index in [1.165, 1.54) is 27.2 Å². The Morgan fingerprint density at radius 1 is 0.763 bits per heavy atom. The molecule has 4 heterocycles. The minimum Gasteiger partial charge on any atom is -0.510 e. The second kappa shape index (κ2) is 9.60. The largest absolute Gasteiger partial charge is 3.00 e. The van der Waals surface area contributed by atoms with E-state index in [2.05, 4.69) is 75.1 Å². The fourth-order valence-electron chi connectivity index (χ4n) is 5.21. The van der Waals surface area contributed by atoms with E-state index >= 15 is 0 Å². The van der Waals surface area contributed by atoms with Gasteiger partial charge < -0.3 is 24.3 Å². The van der Waals surface area contributed by atoms with E-state index in [9.17, 15) is 0 Å². The number of imidazole rings is 1. The molecule has 0 saturated carbocycles. The van der Waals surface area contributed by atoms with Gasteiger partial charge in [-0.3, -0.25) is 4.98 Å². The third-order valence-electron chi connectivity index (χ3n) is 6.97. The molecule has 0 amide bonds. The van der Waals surface area contributed by atoms with Gasteiger partial charge in [0.2, 0.25) is 0 Å². The molecule has 4 aromatic carbocycles. The van der Waals surface area contributed by atoms with Crippen molar-refractivity contribution < 1.29 is 20.1 Å². The molecule has 1 aliphatic heterocycles. The Morgan fingerprint density at radius 3 is 2.39 bits per heavy atom. The molecule has 0 spiro atoms. The van der Waals surface area contributed by atoms with Crippen LogP contribution in [0.1, 0.15) is 0 Å². The van der Waals surface area contributed by atoms with Crippen LogP contribution in [0.3, 0.4) is 0 Å². The Kier molecular flexibility index (Phi) is 6.10. The van der Waals surface area contributed by atoms with Gasteiger partial charge in [0.25, 0.3) is 0 Å². The van der Waals surface area contributed by atoms with Gasteiger partial charge in [0.1, 0.15) is 0 Å². The third kappa shape index (κ3) is 3.83. The van der Waals surface area contributed by atoms with E-state index in [-0.39, 0.29) is 20.1 Å². The molecule has 0 fully saturated rings. The van der Waals surface area contributed by atoms with Crippen LogP contribution in [-0.4, -0.2) is 26.5 Å². The van der Waals surface area contributed by atoms with Crippen LogP contribution in [-0.2, 0) is 27.2 Å². The van der Waals surface area contributed by atoms with Crippen LogP contribution in [0.25, 0.3) is 54.5 Å². The summed E-state index contributed by atoms with van der Waals surface area (Å²) in [7, 11) is 4.12. The molecule has 0 aliphatic carbocycles. The van der Waals surface area contributed by atoms with Crippen LogP contribution < -0.4 is 9.88 Å². The maximum atomic E-state index is 4.57. The summed E-state index contributed by atoms with van der Waals surface area (Å²) < 4.78 is 2.26. The van der Waals surface area contributed by atoms with E-state index in [1.54, 1.807) is 6.33 Å². The molecule has 0 unspecified atom stereocenters. The first-order chi connectivity index (χ1) is 18.2. The molecule has 186 valence electrons. The predicted molar refractivity (Wildman–Crippen MR) is 151 cm³/mol. The minimum atomic E-state index is 0. The maximum Gasteiger partial charge on any atom is 3.00 e. The number of pyridine rings is 1. The monoisotopic (exact) mass is 672 g/mol. The van der Waals surface area contributed by atoms with E-state index in [0.29, 0.717) is 0 Å². The zero-order chi connectivity index (χ0) is 24.9. The fourth-order valence-corrected chi connectivity index (χ4v) is 5.21. The van der Waals surface area contributed by atoms with E-state index in [1.807, 2.05) is 72.4 Å². The van der Waals surface area contributed by atoms with Crippen molar-refractivity contribution in [2.45, 2.75) is 0 Å². The van der Waals surface area contributed by atoms with Crippen molar-refractivity contribution in [2.75, 3.05) is 11.9 Å². The van der Waals surface area contributed by atoms with E-state index in [0.717, 1.165) is 33.0 Å². The van der Waals surface area contributed by atoms with Crippen LogP contribution in [0.15, 0.2) is 97.7 Å². The summed E-state index contributed by atoms with van der Waals surface area (Å²) in [5.74, 6) is 0. The van der Waals surface area contributed by atoms with Gasteiger partial charge in [-0.1, -0.05) is 30.6 Å². The summed E-state index contributed by atoms with van der Waals surface area (Å²) in [6, 6.07) is 28.2. The van der Waals surface area contributed by atoms with Crippen molar-refractivity contribution >= 4 is 60.2 Å². The SMILES string of the molecule is CN1C=CN(c2[c-]cccc2)[CH-]1.Cn1c2ccccc2c2cc3c(cc21)c1cccnc1c1[n-]cnc31.[Ir+3]. The second-order valence-corrected chi connectivity index (χ2v) is 9.20. The first-order valence-corrected chi connectivity index (χ1v) is 12.1. The van der Waals surface area contributed by atoms with Crippen LogP contribution in [0.5, 0.6) is 0 Å². The molecular weight excluding hydrogens is 649 g/mol. The first-order valence-electron chi connectivity index (χ1n) is 12.1. The van der Waals surface area contributed by atoms with Crippen molar-refractivity contribution in [3.05, 3.63) is 110 Å². The van der Waals surface area contributed by atoms with Crippen LogP contribution in [0.2, 0.25) is 0 Å². The number of rotatable bonds is 1. The molecule has 8 rings (SSSR count). The van der Waals surface area contributed by atoms with E-state index < -0.39 is 0 Å². The smallest absolute Gasteiger partial charge is 0.510 e. The summed E-state index contributed by atoms with van der Waals surface area (Å²) in [5, 5.41) is 5.95. The Balaban J connectivity index is 0.000000172. The first kappa shape index (κ1) is 24.2. The number of para-hydroxylation sites is 2. The zero-order valence-corrected chi connectivity index (χ0v) is 23.2. The van der Waals surface area contributed by atoms with Crippen molar-refractivity contribution in [3.63, 3.8) is 0 Å². The number of nitrogens with zero attached hydrogens (tertiary/aromatic N) is 6. The summed E-state index contributed by atoms with van der Waals surface area (Å²) in [4.78, 5) is 17.6. The second-order valence-electron chi connectivity index (χ2n) is 9.20. The van der Waals surface area contributed by atoms with Crippen molar-refractivity contribution in [1.29, 1.82) is 0 Å². The molecule has 0 saturated heterocycles. The van der Waals surface area contributed by atoms with Crippen LogP contribution >= 0.6 is 0 Å². The normalized spacial score (nSPS) is 13.0. The molecule has 0 N–H and O–H groups in total. The maximum absolute atomic E-state index is 4.57. The van der Waals surface area contributed by atoms with Crippen LogP contribution in [0, 0.1) is 12.7 Å². The van der Waals surface area contributed by atoms with Gasteiger partial charge in [-0.05, 0) is 65.5 Å². The molecule has 1 aliphatic rings. The molecule has 7 heteroatoms. The molecule has 0 radical (unpaired) electrons. The van der Waals surface area contributed by atoms with Gasteiger partial charge in [0, 0.05) is 40.4 Å². The number of hydrogen-bond donors (Lipinski definition) is 0. The Labute approximate surface area is 233 Å². The Bertz CT molecular complexity index is 1950. The van der Waals surface area contributed by atoms with Crippen molar-refractivity contribution in [1.82, 2.24) is 24.4 Å². The quantitative estimate of drug-likeness (QED) is 0.150. The standard InChI is InChI=1S/C21H13N4.C10H10N2.Ir/c1-25-17-7-3-2-5-12(17)15-9-16-14(10-18(15)25)13-6-4-8-22-19(13)21-20(16)23-11-24-21;1-11-7-8-12(9-11)10-5-3-2-4-6-10;/h2-11H,1H3;2-5,7-9H,1H3;/q-1;-2;+3. The molecular formula is C31H23IrN6. The molecule has 6 nitrogen and oxygen atoms in total. The predicted octanol–water partition coefficient (Wildman–Crippen LogP) is 6.36. The summed E-state index contributed by atoms with van der Waals surface area (Å²) in [6.07, 6.45) is 7.45. The number of aryl methyl sites for hydroxylation is 1. The van der Waals surface area contributed by atoms with Gasteiger partial charge >= 0.3 is 20.1 Å². The minimum absolute atomic E-state index is 0. The zero-order valence-electron chi connectivity index (χ0n) is 20.8. The number of hydrogen-bond acceptors (Lipinski definition) is 4. The third-order valence-corrected chi connectivity index (χ3v) is 6.97. The molecule has 3 aromatic heterocycles. The summed E-state index contributed by atoms with van der Waals surface area (Å²) in [5.41, 5.74) is 6.25. The number of fused-ring (bicyclic) bond motifs is 9. The number of anilines is 1. The van der Waals surface area contributed by atoms with Gasteiger partial charge in [-0.15, -0.1) is 5.69 Å². The number of aromatic nitrogens is 4. The van der Waals surface area contributed by atoms with Crippen molar-refractivity contribution in [3.8, 4) is 0 Å². The Morgan fingerprint density at radius 2 is 1.58 bits per heavy atom. The van der Waals surface area contributed by atoms with E-state index in [4.69, 9.17) is 0 Å². The average molecular weight is 672 g/mol. The van der Waals surface area contributed by atoms with Gasteiger partial charge in [-0.25, -0.2) is 0 Å². The van der Waals surface area contributed by atoms with Gasteiger partial charge in [-0.2, -0.15) is 37.0 Å². The topological polar surface area (TPSA) is 51.3 Å². The van der Waals surface area contributed by atoms with Crippen LogP contribution in [0.4, 0.5) is 5.69 Å². The molecule has 38 heavy (non-hydrogen) atoms. The van der Waals surface area contributed by atoms with Gasteiger partial charge in [0.15, 0.2) is 0 Å². The fraction of sp³-hybridized carbons (Fsp3) is 0.0645. The van der Waals surface area contributed by atoms with Gasteiger partial charge in [0.05, 0.1) is 5.52 Å². The summed E-state index contributed by atoms with van der Waals surface area (Å²) >= 11 is 0. The summed E-state index contributed by atoms with van der Waals surface area (Å²) in [6.45, 7) is 2.01. The average Bonchev–Trinajstić information content (AvgIpc) is 3.68. The van der Waals surface area contributed by atoms with Crippen molar-refractivity contribution in [2.24, 2.45) is 7.05 Å². The molecule has 7 aromatic rings. The molecule has 0 bridgehead atoms. The number of benzene rings is 4.